The van der Waals surface area contributed by atoms with Gasteiger partial charge in [0, 0.05) is 12.1 Å². The molecular formula is C11H8BrN3O4. The lowest BCUT2D eigenvalue weighted by Crippen LogP contribution is -2.13. The Hall–Kier alpha value is -2.22. The van der Waals surface area contributed by atoms with E-state index >= 15 is 0 Å². The Morgan fingerprint density at radius 1 is 1.53 bits per heavy atom. The lowest BCUT2D eigenvalue weighted by atomic mass is 10.2. The number of benzene rings is 1. The number of aryl methyl sites for hydroxylation is 1. The fraction of sp³-hybridized carbons (Fsp3) is 0.0909. The predicted molar refractivity (Wildman–Crippen MR) is 70.0 cm³/mol. The van der Waals surface area contributed by atoms with E-state index in [1.807, 2.05) is 0 Å². The molecule has 2 rings (SSSR count). The topological polar surface area (TPSA) is 98.3 Å². The van der Waals surface area contributed by atoms with Crippen LogP contribution in [-0.2, 0) is 0 Å². The van der Waals surface area contributed by atoms with Crippen molar-refractivity contribution in [2.75, 3.05) is 5.32 Å². The maximum Gasteiger partial charge on any atom is 0.284 e. The number of halogens is 1. The van der Waals surface area contributed by atoms with Crippen LogP contribution in [0, 0.1) is 17.0 Å². The van der Waals surface area contributed by atoms with Gasteiger partial charge < -0.3 is 9.84 Å². The fourth-order valence-corrected chi connectivity index (χ4v) is 2.03. The highest BCUT2D eigenvalue weighted by atomic mass is 79.9. The number of amides is 1. The summed E-state index contributed by atoms with van der Waals surface area (Å²) in [5.74, 6) is 0.290. The smallest absolute Gasteiger partial charge is 0.284 e. The highest BCUT2D eigenvalue weighted by Crippen LogP contribution is 2.28. The van der Waals surface area contributed by atoms with Crippen LogP contribution in [0.15, 0.2) is 33.3 Å². The number of carbonyl (C=O) groups is 1. The van der Waals surface area contributed by atoms with Crippen molar-refractivity contribution < 1.29 is 14.2 Å². The molecule has 98 valence electrons. The van der Waals surface area contributed by atoms with Crippen LogP contribution in [0.2, 0.25) is 0 Å². The first-order chi connectivity index (χ1) is 8.99. The Kier molecular flexibility index (Phi) is 3.61. The number of rotatable bonds is 3. The lowest BCUT2D eigenvalue weighted by molar-refractivity contribution is -0.385. The molecule has 7 nitrogen and oxygen atoms in total. The zero-order valence-corrected chi connectivity index (χ0v) is 11.3. The molecule has 8 heteroatoms. The number of anilines is 1. The first-order valence-electron chi connectivity index (χ1n) is 5.16. The maximum absolute atomic E-state index is 12.0. The van der Waals surface area contributed by atoms with Gasteiger partial charge in [0.1, 0.15) is 10.2 Å². The first kappa shape index (κ1) is 13.2. The number of nitro benzene ring substituents is 1. The van der Waals surface area contributed by atoms with Gasteiger partial charge in [0.25, 0.3) is 11.6 Å². The van der Waals surface area contributed by atoms with Gasteiger partial charge >= 0.3 is 0 Å². The Labute approximate surface area is 115 Å². The maximum atomic E-state index is 12.0. The molecule has 0 atom stereocenters. The van der Waals surface area contributed by atoms with E-state index in [0.717, 1.165) is 0 Å². The van der Waals surface area contributed by atoms with E-state index in [1.165, 1.54) is 18.2 Å². The van der Waals surface area contributed by atoms with E-state index in [4.69, 9.17) is 4.52 Å². The van der Waals surface area contributed by atoms with Crippen molar-refractivity contribution in [2.24, 2.45) is 0 Å². The molecule has 0 saturated heterocycles. The van der Waals surface area contributed by atoms with Crippen molar-refractivity contribution in [2.45, 2.75) is 6.92 Å². The molecule has 2 aromatic rings. The molecule has 0 spiro atoms. The summed E-state index contributed by atoms with van der Waals surface area (Å²) in [6.07, 6.45) is 0. The second-order valence-corrected chi connectivity index (χ2v) is 4.47. The SMILES string of the molecule is Cc1cc(NC(=O)c2cccc([N+](=O)[O-])c2Br)no1. The molecule has 1 heterocycles. The zero-order valence-electron chi connectivity index (χ0n) is 9.71. The van der Waals surface area contributed by atoms with E-state index in [0.29, 0.717) is 5.76 Å². The molecule has 0 aliphatic rings. The third-order valence-electron chi connectivity index (χ3n) is 2.29. The van der Waals surface area contributed by atoms with Gasteiger partial charge in [-0.1, -0.05) is 11.2 Å². The van der Waals surface area contributed by atoms with Crippen molar-refractivity contribution in [1.29, 1.82) is 0 Å². The van der Waals surface area contributed by atoms with Gasteiger partial charge in [-0.2, -0.15) is 0 Å². The van der Waals surface area contributed by atoms with Crippen molar-refractivity contribution in [3.63, 3.8) is 0 Å². The average Bonchev–Trinajstić information content (AvgIpc) is 2.74. The standard InChI is InChI=1S/C11H8BrN3O4/c1-6-5-9(14-19-6)13-11(16)7-3-2-4-8(10(7)12)15(17)18/h2-5H,1H3,(H,13,14,16). The molecule has 0 unspecified atom stereocenters. The monoisotopic (exact) mass is 325 g/mol. The van der Waals surface area contributed by atoms with Crippen LogP contribution in [0.3, 0.4) is 0 Å². The van der Waals surface area contributed by atoms with E-state index in [9.17, 15) is 14.9 Å². The molecule has 0 fully saturated rings. The summed E-state index contributed by atoms with van der Waals surface area (Å²) in [6.45, 7) is 1.69. The van der Waals surface area contributed by atoms with E-state index in [1.54, 1.807) is 13.0 Å². The van der Waals surface area contributed by atoms with Crippen molar-refractivity contribution in [1.82, 2.24) is 5.16 Å². The summed E-state index contributed by atoms with van der Waals surface area (Å²) in [7, 11) is 0. The minimum atomic E-state index is -0.568. The van der Waals surface area contributed by atoms with E-state index < -0.39 is 10.8 Å². The molecule has 1 amide bonds. The number of nitrogens with zero attached hydrogens (tertiary/aromatic N) is 2. The van der Waals surface area contributed by atoms with Gasteiger partial charge in [-0.15, -0.1) is 0 Å². The predicted octanol–water partition coefficient (Wildman–Crippen LogP) is 2.91. The van der Waals surface area contributed by atoms with Gasteiger partial charge in [-0.05, 0) is 28.9 Å². The zero-order chi connectivity index (χ0) is 14.0. The number of hydrogen-bond donors (Lipinski definition) is 1. The molecule has 19 heavy (non-hydrogen) atoms. The molecule has 0 aliphatic carbocycles. The Morgan fingerprint density at radius 2 is 2.26 bits per heavy atom. The van der Waals surface area contributed by atoms with Gasteiger partial charge in [0.15, 0.2) is 5.82 Å². The van der Waals surface area contributed by atoms with Crippen LogP contribution in [0.4, 0.5) is 11.5 Å². The number of nitro groups is 1. The second-order valence-electron chi connectivity index (χ2n) is 3.67. The van der Waals surface area contributed by atoms with Crippen LogP contribution in [0.25, 0.3) is 0 Å². The van der Waals surface area contributed by atoms with Crippen LogP contribution in [-0.4, -0.2) is 16.0 Å². The minimum Gasteiger partial charge on any atom is -0.360 e. The molecule has 0 saturated carbocycles. The molecule has 0 bridgehead atoms. The highest BCUT2D eigenvalue weighted by Gasteiger charge is 2.20. The van der Waals surface area contributed by atoms with Gasteiger partial charge in [0.2, 0.25) is 0 Å². The summed E-state index contributed by atoms with van der Waals surface area (Å²) in [5, 5.41) is 16.9. The number of nitrogens with one attached hydrogen (secondary N) is 1. The molecule has 0 aliphatic heterocycles. The third-order valence-corrected chi connectivity index (χ3v) is 3.12. The third kappa shape index (κ3) is 2.79. The number of aromatic nitrogens is 1. The molecular weight excluding hydrogens is 318 g/mol. The van der Waals surface area contributed by atoms with Crippen LogP contribution in [0.5, 0.6) is 0 Å². The molecule has 1 aromatic carbocycles. The van der Waals surface area contributed by atoms with Gasteiger partial charge in [0.05, 0.1) is 10.5 Å². The fourth-order valence-electron chi connectivity index (χ4n) is 1.45. The normalized spacial score (nSPS) is 10.2. The van der Waals surface area contributed by atoms with E-state index in [2.05, 4.69) is 26.4 Å². The molecule has 0 radical (unpaired) electrons. The summed E-state index contributed by atoms with van der Waals surface area (Å²) >= 11 is 3.05. The van der Waals surface area contributed by atoms with E-state index in [-0.39, 0.29) is 21.5 Å². The number of carbonyl (C=O) groups excluding carboxylic acids is 1. The Balaban J connectivity index is 2.29. The summed E-state index contributed by atoms with van der Waals surface area (Å²) in [5.41, 5.74) is -0.0289. The quantitative estimate of drug-likeness (QED) is 0.691. The Morgan fingerprint density at radius 3 is 2.84 bits per heavy atom. The Bertz CT molecular complexity index is 653. The summed E-state index contributed by atoms with van der Waals surface area (Å²) in [6, 6.07) is 5.76. The minimum absolute atomic E-state index is 0.123. The van der Waals surface area contributed by atoms with Crippen LogP contribution in [0.1, 0.15) is 16.1 Å². The van der Waals surface area contributed by atoms with Crippen molar-refractivity contribution >= 4 is 33.3 Å². The van der Waals surface area contributed by atoms with Crippen molar-refractivity contribution in [3.8, 4) is 0 Å². The van der Waals surface area contributed by atoms with Gasteiger partial charge in [-0.25, -0.2) is 0 Å². The summed E-state index contributed by atoms with van der Waals surface area (Å²) < 4.78 is 4.93. The first-order valence-corrected chi connectivity index (χ1v) is 5.96. The largest absolute Gasteiger partial charge is 0.360 e. The number of hydrogen-bond acceptors (Lipinski definition) is 5. The summed E-state index contributed by atoms with van der Waals surface area (Å²) in [4.78, 5) is 22.2. The second kappa shape index (κ2) is 5.19. The lowest BCUT2D eigenvalue weighted by Gasteiger charge is -2.04. The van der Waals surface area contributed by atoms with Crippen molar-refractivity contribution in [3.05, 3.63) is 50.2 Å². The molecule has 1 N–H and O–H groups in total. The van der Waals surface area contributed by atoms with Gasteiger partial charge in [-0.3, -0.25) is 14.9 Å². The molecule has 1 aromatic heterocycles. The van der Waals surface area contributed by atoms with Crippen LogP contribution >= 0.6 is 15.9 Å². The average molecular weight is 326 g/mol. The van der Waals surface area contributed by atoms with Crippen LogP contribution < -0.4 is 5.32 Å². The highest BCUT2D eigenvalue weighted by molar-refractivity contribution is 9.10.